The number of hydrogen-bond donors (Lipinski definition) is 0. The molecule has 0 N–H and O–H groups in total. The Bertz CT molecular complexity index is 724. The molecule has 19 heavy (non-hydrogen) atoms. The molecule has 96 valence electrons. The molecule has 0 aliphatic heterocycles. The summed E-state index contributed by atoms with van der Waals surface area (Å²) in [7, 11) is 0. The molecule has 0 aliphatic rings. The lowest BCUT2D eigenvalue weighted by Gasteiger charge is -2.02. The van der Waals surface area contributed by atoms with E-state index in [0.717, 1.165) is 39.5 Å². The fourth-order valence-corrected chi connectivity index (χ4v) is 2.36. The second kappa shape index (κ2) is 5.01. The van der Waals surface area contributed by atoms with Crippen molar-refractivity contribution in [1.29, 1.82) is 0 Å². The standard InChI is InChI=1S/C14H13N3OS/c1-3-13-10-8-9(4-5-12(10)17-18-13)11-6-7-15-14(16-11)19-2/h4-8H,3H2,1-2H3. The van der Waals surface area contributed by atoms with Gasteiger partial charge >= 0.3 is 0 Å². The second-order valence-electron chi connectivity index (χ2n) is 4.12. The Balaban J connectivity index is 2.13. The van der Waals surface area contributed by atoms with Gasteiger partial charge in [0.2, 0.25) is 0 Å². The number of nitrogens with zero attached hydrogens (tertiary/aromatic N) is 3. The highest BCUT2D eigenvalue weighted by atomic mass is 32.2. The van der Waals surface area contributed by atoms with Crippen molar-refractivity contribution in [2.45, 2.75) is 18.5 Å². The minimum Gasteiger partial charge on any atom is -0.360 e. The molecule has 1 aromatic carbocycles. The molecule has 0 aliphatic carbocycles. The molecule has 2 heterocycles. The lowest BCUT2D eigenvalue weighted by Crippen LogP contribution is -1.89. The molecular formula is C14H13N3OS. The maximum atomic E-state index is 5.31. The zero-order valence-corrected chi connectivity index (χ0v) is 11.6. The van der Waals surface area contributed by atoms with Gasteiger partial charge in [-0.2, -0.15) is 0 Å². The molecule has 0 amide bonds. The first kappa shape index (κ1) is 12.2. The van der Waals surface area contributed by atoms with Crippen LogP contribution in [0.2, 0.25) is 0 Å². The van der Waals surface area contributed by atoms with E-state index in [9.17, 15) is 0 Å². The third-order valence-corrected chi connectivity index (χ3v) is 3.55. The Morgan fingerprint density at radius 3 is 2.95 bits per heavy atom. The van der Waals surface area contributed by atoms with E-state index in [1.165, 1.54) is 11.8 Å². The van der Waals surface area contributed by atoms with Crippen molar-refractivity contribution >= 4 is 22.7 Å². The quantitative estimate of drug-likeness (QED) is 0.538. The molecule has 0 fully saturated rings. The summed E-state index contributed by atoms with van der Waals surface area (Å²) in [6.07, 6.45) is 4.59. The van der Waals surface area contributed by atoms with Gasteiger partial charge in [-0.3, -0.25) is 0 Å². The molecule has 0 saturated carbocycles. The third kappa shape index (κ3) is 2.21. The van der Waals surface area contributed by atoms with Crippen LogP contribution < -0.4 is 0 Å². The summed E-state index contributed by atoms with van der Waals surface area (Å²) in [5.74, 6) is 0.913. The number of benzene rings is 1. The van der Waals surface area contributed by atoms with Crippen LogP contribution in [0.25, 0.3) is 22.2 Å². The van der Waals surface area contributed by atoms with Gasteiger partial charge in [0.15, 0.2) is 5.16 Å². The first-order chi connectivity index (χ1) is 9.31. The van der Waals surface area contributed by atoms with Crippen molar-refractivity contribution in [3.8, 4) is 11.3 Å². The van der Waals surface area contributed by atoms with Gasteiger partial charge in [0.25, 0.3) is 0 Å². The summed E-state index contributed by atoms with van der Waals surface area (Å²) in [5, 5.41) is 5.88. The van der Waals surface area contributed by atoms with Crippen LogP contribution in [0.1, 0.15) is 12.7 Å². The molecule has 3 rings (SSSR count). The summed E-state index contributed by atoms with van der Waals surface area (Å²) < 4.78 is 5.31. The van der Waals surface area contributed by atoms with Crippen LogP contribution in [-0.2, 0) is 6.42 Å². The number of aromatic nitrogens is 3. The largest absolute Gasteiger partial charge is 0.360 e. The third-order valence-electron chi connectivity index (χ3n) is 2.98. The van der Waals surface area contributed by atoms with Crippen LogP contribution in [0.4, 0.5) is 0 Å². The first-order valence-electron chi connectivity index (χ1n) is 6.07. The Kier molecular flexibility index (Phi) is 3.21. The van der Waals surface area contributed by atoms with Crippen molar-refractivity contribution in [2.75, 3.05) is 6.26 Å². The maximum absolute atomic E-state index is 5.31. The van der Waals surface area contributed by atoms with E-state index in [2.05, 4.69) is 28.1 Å². The minimum atomic E-state index is 0.777. The predicted octanol–water partition coefficient (Wildman–Crippen LogP) is 3.57. The van der Waals surface area contributed by atoms with Crippen LogP contribution in [-0.4, -0.2) is 21.4 Å². The fourth-order valence-electron chi connectivity index (χ4n) is 2.01. The van der Waals surface area contributed by atoms with Gasteiger partial charge in [-0.25, -0.2) is 9.97 Å². The van der Waals surface area contributed by atoms with Crippen LogP contribution >= 0.6 is 11.8 Å². The maximum Gasteiger partial charge on any atom is 0.187 e. The van der Waals surface area contributed by atoms with Gasteiger partial charge in [-0.05, 0) is 24.5 Å². The van der Waals surface area contributed by atoms with Gasteiger partial charge < -0.3 is 4.52 Å². The highest BCUT2D eigenvalue weighted by molar-refractivity contribution is 7.98. The molecule has 0 bridgehead atoms. The SMILES string of the molecule is CCc1onc2ccc(-c3ccnc(SC)n3)cc12. The normalized spacial score (nSPS) is 11.1. The molecule has 0 spiro atoms. The molecule has 3 aromatic rings. The second-order valence-corrected chi connectivity index (χ2v) is 4.89. The predicted molar refractivity (Wildman–Crippen MR) is 76.2 cm³/mol. The number of hydrogen-bond acceptors (Lipinski definition) is 5. The van der Waals surface area contributed by atoms with Crippen molar-refractivity contribution in [1.82, 2.24) is 15.1 Å². The van der Waals surface area contributed by atoms with Crippen LogP contribution in [0.15, 0.2) is 40.1 Å². The molecule has 4 nitrogen and oxygen atoms in total. The van der Waals surface area contributed by atoms with Crippen molar-refractivity contribution in [3.05, 3.63) is 36.2 Å². The van der Waals surface area contributed by atoms with E-state index >= 15 is 0 Å². The number of aryl methyl sites for hydroxylation is 1. The summed E-state index contributed by atoms with van der Waals surface area (Å²) in [5.41, 5.74) is 2.87. The molecule has 0 unspecified atom stereocenters. The van der Waals surface area contributed by atoms with E-state index in [1.807, 2.05) is 24.5 Å². The van der Waals surface area contributed by atoms with Gasteiger partial charge in [-0.1, -0.05) is 29.9 Å². The Hall–Kier alpha value is -1.88. The summed E-state index contributed by atoms with van der Waals surface area (Å²) in [6, 6.07) is 7.97. The average Bonchev–Trinajstić information content (AvgIpc) is 2.89. The summed E-state index contributed by atoms with van der Waals surface area (Å²) >= 11 is 1.54. The van der Waals surface area contributed by atoms with Gasteiger partial charge in [0, 0.05) is 23.6 Å². The average molecular weight is 271 g/mol. The molecule has 2 aromatic heterocycles. The van der Waals surface area contributed by atoms with Crippen molar-refractivity contribution in [2.24, 2.45) is 0 Å². The topological polar surface area (TPSA) is 51.8 Å². The van der Waals surface area contributed by atoms with E-state index < -0.39 is 0 Å². The lowest BCUT2D eigenvalue weighted by atomic mass is 10.1. The summed E-state index contributed by atoms with van der Waals surface area (Å²) in [6.45, 7) is 2.06. The summed E-state index contributed by atoms with van der Waals surface area (Å²) in [4.78, 5) is 8.70. The van der Waals surface area contributed by atoms with Gasteiger partial charge in [0.05, 0.1) is 5.69 Å². The molecule has 0 radical (unpaired) electrons. The number of rotatable bonds is 3. The molecular weight excluding hydrogens is 258 g/mol. The number of thioether (sulfide) groups is 1. The highest BCUT2D eigenvalue weighted by Crippen LogP contribution is 2.26. The van der Waals surface area contributed by atoms with E-state index in [0.29, 0.717) is 0 Å². The van der Waals surface area contributed by atoms with Crippen molar-refractivity contribution in [3.63, 3.8) is 0 Å². The van der Waals surface area contributed by atoms with E-state index in [-0.39, 0.29) is 0 Å². The van der Waals surface area contributed by atoms with E-state index in [4.69, 9.17) is 4.52 Å². The monoisotopic (exact) mass is 271 g/mol. The zero-order valence-electron chi connectivity index (χ0n) is 10.8. The van der Waals surface area contributed by atoms with Gasteiger partial charge in [0.1, 0.15) is 11.3 Å². The first-order valence-corrected chi connectivity index (χ1v) is 7.30. The Labute approximate surface area is 115 Å². The molecule has 5 heteroatoms. The number of fused-ring (bicyclic) bond motifs is 1. The van der Waals surface area contributed by atoms with Crippen LogP contribution in [0, 0.1) is 0 Å². The van der Waals surface area contributed by atoms with Crippen LogP contribution in [0.3, 0.4) is 0 Å². The molecule has 0 saturated heterocycles. The smallest absolute Gasteiger partial charge is 0.187 e. The van der Waals surface area contributed by atoms with Crippen molar-refractivity contribution < 1.29 is 4.52 Å². The minimum absolute atomic E-state index is 0.777. The Morgan fingerprint density at radius 1 is 1.26 bits per heavy atom. The van der Waals surface area contributed by atoms with E-state index in [1.54, 1.807) is 6.20 Å². The molecule has 0 atom stereocenters. The van der Waals surface area contributed by atoms with Gasteiger partial charge in [-0.15, -0.1) is 0 Å². The lowest BCUT2D eigenvalue weighted by molar-refractivity contribution is 0.395. The van der Waals surface area contributed by atoms with Crippen LogP contribution in [0.5, 0.6) is 0 Å². The highest BCUT2D eigenvalue weighted by Gasteiger charge is 2.09. The zero-order chi connectivity index (χ0) is 13.2. The Morgan fingerprint density at radius 2 is 2.16 bits per heavy atom. The fraction of sp³-hybridized carbons (Fsp3) is 0.214.